The first-order valence-electron chi connectivity index (χ1n) is 7.37. The normalized spacial score (nSPS) is 18.3. The summed E-state index contributed by atoms with van der Waals surface area (Å²) in [6, 6.07) is 10.3. The van der Waals surface area contributed by atoms with Crippen LogP contribution in [0.3, 0.4) is 0 Å². The van der Waals surface area contributed by atoms with Crippen molar-refractivity contribution in [2.45, 2.75) is 26.2 Å². The number of quaternary nitrogens is 1. The number of carbonyl (C=O) groups is 1. The summed E-state index contributed by atoms with van der Waals surface area (Å²) in [5, 5.41) is 0. The van der Waals surface area contributed by atoms with Crippen LogP contribution in [0.15, 0.2) is 30.3 Å². The molecule has 2 rings (SSSR count). The minimum atomic E-state index is 0.310. The molecule has 1 aliphatic rings. The molecule has 1 atom stereocenters. The number of rotatable bonds is 4. The Morgan fingerprint density at radius 2 is 1.89 bits per heavy atom. The Morgan fingerprint density at radius 3 is 2.47 bits per heavy atom. The summed E-state index contributed by atoms with van der Waals surface area (Å²) in [5.41, 5.74) is 1.26. The van der Waals surface area contributed by atoms with Crippen LogP contribution in [0.4, 0.5) is 0 Å². The molecule has 3 nitrogen and oxygen atoms in total. The summed E-state index contributed by atoms with van der Waals surface area (Å²) in [5.74, 6) is 0.622. The molecular formula is C16H25N2O+. The van der Waals surface area contributed by atoms with E-state index in [9.17, 15) is 4.79 Å². The minimum Gasteiger partial charge on any atom is -0.332 e. The second kappa shape index (κ2) is 6.71. The average Bonchev–Trinajstić information content (AvgIpc) is 2.48. The SMILES string of the molecule is CC[NH+]1CCN(C(=O)C[C@@H](C)c2ccccc2)CC1. The van der Waals surface area contributed by atoms with Gasteiger partial charge in [0.05, 0.1) is 32.7 Å². The lowest BCUT2D eigenvalue weighted by atomic mass is 9.97. The molecule has 0 spiro atoms. The van der Waals surface area contributed by atoms with Crippen molar-refractivity contribution in [2.75, 3.05) is 32.7 Å². The maximum absolute atomic E-state index is 12.3. The maximum atomic E-state index is 12.3. The van der Waals surface area contributed by atoms with Crippen molar-refractivity contribution in [3.63, 3.8) is 0 Å². The Bertz CT molecular complexity index is 396. The van der Waals surface area contributed by atoms with Gasteiger partial charge < -0.3 is 9.80 Å². The largest absolute Gasteiger partial charge is 0.332 e. The second-order valence-corrected chi connectivity index (χ2v) is 5.50. The molecule has 104 valence electrons. The summed E-state index contributed by atoms with van der Waals surface area (Å²) in [6.45, 7) is 9.56. The average molecular weight is 261 g/mol. The molecule has 1 aliphatic heterocycles. The van der Waals surface area contributed by atoms with E-state index in [0.717, 1.165) is 26.2 Å². The van der Waals surface area contributed by atoms with Crippen molar-refractivity contribution in [2.24, 2.45) is 0 Å². The van der Waals surface area contributed by atoms with Gasteiger partial charge in [-0.05, 0) is 18.4 Å². The fraction of sp³-hybridized carbons (Fsp3) is 0.562. The summed E-state index contributed by atoms with van der Waals surface area (Å²) >= 11 is 0. The van der Waals surface area contributed by atoms with E-state index in [1.807, 2.05) is 23.1 Å². The highest BCUT2D eigenvalue weighted by molar-refractivity contribution is 5.77. The Morgan fingerprint density at radius 1 is 1.26 bits per heavy atom. The highest BCUT2D eigenvalue weighted by Gasteiger charge is 2.23. The molecule has 1 fully saturated rings. The number of hydrogen-bond donors (Lipinski definition) is 1. The number of nitrogens with one attached hydrogen (secondary N) is 1. The van der Waals surface area contributed by atoms with Crippen LogP contribution < -0.4 is 4.90 Å². The molecule has 1 aromatic rings. The van der Waals surface area contributed by atoms with Gasteiger partial charge in [-0.2, -0.15) is 0 Å². The van der Waals surface area contributed by atoms with E-state index in [-0.39, 0.29) is 0 Å². The first-order valence-corrected chi connectivity index (χ1v) is 7.37. The molecule has 0 aromatic heterocycles. The van der Waals surface area contributed by atoms with E-state index in [1.54, 1.807) is 4.90 Å². The van der Waals surface area contributed by atoms with Crippen molar-refractivity contribution in [3.8, 4) is 0 Å². The molecule has 1 saturated heterocycles. The van der Waals surface area contributed by atoms with Gasteiger partial charge in [0.25, 0.3) is 0 Å². The van der Waals surface area contributed by atoms with Crippen LogP contribution in [-0.2, 0) is 4.79 Å². The Balaban J connectivity index is 1.84. The van der Waals surface area contributed by atoms with Gasteiger partial charge in [-0.1, -0.05) is 37.3 Å². The van der Waals surface area contributed by atoms with Crippen LogP contribution in [0.25, 0.3) is 0 Å². The fourth-order valence-corrected chi connectivity index (χ4v) is 2.72. The van der Waals surface area contributed by atoms with Gasteiger partial charge in [-0.15, -0.1) is 0 Å². The van der Waals surface area contributed by atoms with Gasteiger partial charge in [-0.3, -0.25) is 4.79 Å². The van der Waals surface area contributed by atoms with Crippen molar-refractivity contribution >= 4 is 5.91 Å². The molecule has 0 radical (unpaired) electrons. The number of likely N-dealkylation sites (N-methyl/N-ethyl adjacent to an activating group) is 1. The smallest absolute Gasteiger partial charge is 0.223 e. The van der Waals surface area contributed by atoms with Crippen molar-refractivity contribution in [1.29, 1.82) is 0 Å². The zero-order valence-corrected chi connectivity index (χ0v) is 12.1. The van der Waals surface area contributed by atoms with Gasteiger partial charge in [0.1, 0.15) is 0 Å². The molecule has 0 saturated carbocycles. The number of benzene rings is 1. The fourth-order valence-electron chi connectivity index (χ4n) is 2.72. The van der Waals surface area contributed by atoms with E-state index < -0.39 is 0 Å². The third kappa shape index (κ3) is 3.80. The second-order valence-electron chi connectivity index (χ2n) is 5.50. The molecule has 0 unspecified atom stereocenters. The van der Waals surface area contributed by atoms with Crippen LogP contribution >= 0.6 is 0 Å². The lowest BCUT2D eigenvalue weighted by Crippen LogP contribution is -3.14. The molecule has 1 aromatic carbocycles. The molecule has 3 heteroatoms. The first kappa shape index (κ1) is 14.1. The van der Waals surface area contributed by atoms with Crippen molar-refractivity contribution in [3.05, 3.63) is 35.9 Å². The van der Waals surface area contributed by atoms with Gasteiger partial charge in [-0.25, -0.2) is 0 Å². The summed E-state index contributed by atoms with van der Waals surface area (Å²) < 4.78 is 0. The Hall–Kier alpha value is -1.35. The van der Waals surface area contributed by atoms with Gasteiger partial charge >= 0.3 is 0 Å². The number of nitrogens with zero attached hydrogens (tertiary/aromatic N) is 1. The van der Waals surface area contributed by atoms with E-state index >= 15 is 0 Å². The first-order chi connectivity index (χ1) is 9.20. The van der Waals surface area contributed by atoms with E-state index in [4.69, 9.17) is 0 Å². The van der Waals surface area contributed by atoms with Crippen LogP contribution in [0.5, 0.6) is 0 Å². The number of amides is 1. The number of piperazine rings is 1. The summed E-state index contributed by atoms with van der Waals surface area (Å²) in [4.78, 5) is 15.9. The molecule has 1 N–H and O–H groups in total. The van der Waals surface area contributed by atoms with Gasteiger partial charge in [0, 0.05) is 6.42 Å². The van der Waals surface area contributed by atoms with Crippen molar-refractivity contribution in [1.82, 2.24) is 4.90 Å². The van der Waals surface area contributed by atoms with Crippen LogP contribution in [0.2, 0.25) is 0 Å². The zero-order chi connectivity index (χ0) is 13.7. The molecular weight excluding hydrogens is 236 g/mol. The Labute approximate surface area is 116 Å². The third-order valence-electron chi connectivity index (χ3n) is 4.17. The molecule has 0 aliphatic carbocycles. The maximum Gasteiger partial charge on any atom is 0.223 e. The predicted molar refractivity (Wildman–Crippen MR) is 77.3 cm³/mol. The topological polar surface area (TPSA) is 24.8 Å². The number of hydrogen-bond acceptors (Lipinski definition) is 1. The quantitative estimate of drug-likeness (QED) is 0.857. The standard InChI is InChI=1S/C16H24N2O/c1-3-17-9-11-18(12-10-17)16(19)13-14(2)15-7-5-4-6-8-15/h4-8,14H,3,9-13H2,1-2H3/p+1/t14-/m1/s1. The summed E-state index contributed by atoms with van der Waals surface area (Å²) in [7, 11) is 0. The monoisotopic (exact) mass is 261 g/mol. The molecule has 0 bridgehead atoms. The Kier molecular flexibility index (Phi) is 4.97. The zero-order valence-electron chi connectivity index (χ0n) is 12.1. The van der Waals surface area contributed by atoms with Gasteiger partial charge in [0.2, 0.25) is 5.91 Å². The summed E-state index contributed by atoms with van der Waals surface area (Å²) in [6.07, 6.45) is 0.630. The van der Waals surface area contributed by atoms with E-state index in [1.165, 1.54) is 12.1 Å². The lowest BCUT2D eigenvalue weighted by molar-refractivity contribution is -0.902. The number of carbonyl (C=O) groups excluding carboxylic acids is 1. The van der Waals surface area contributed by atoms with Crippen LogP contribution in [-0.4, -0.2) is 43.5 Å². The van der Waals surface area contributed by atoms with E-state index in [2.05, 4.69) is 26.0 Å². The highest BCUT2D eigenvalue weighted by Crippen LogP contribution is 2.19. The molecule has 1 amide bonds. The van der Waals surface area contributed by atoms with Crippen LogP contribution in [0, 0.1) is 0 Å². The van der Waals surface area contributed by atoms with Crippen LogP contribution in [0.1, 0.15) is 31.7 Å². The van der Waals surface area contributed by atoms with E-state index in [0.29, 0.717) is 18.2 Å². The predicted octanol–water partition coefficient (Wildman–Crippen LogP) is 0.927. The van der Waals surface area contributed by atoms with Gasteiger partial charge in [0.15, 0.2) is 0 Å². The lowest BCUT2D eigenvalue weighted by Gasteiger charge is -2.32. The van der Waals surface area contributed by atoms with Crippen molar-refractivity contribution < 1.29 is 9.69 Å². The highest BCUT2D eigenvalue weighted by atomic mass is 16.2. The molecule has 19 heavy (non-hydrogen) atoms. The third-order valence-corrected chi connectivity index (χ3v) is 4.17. The molecule has 1 heterocycles. The minimum absolute atomic E-state index is 0.310.